The molecule has 0 saturated carbocycles. The number of nitrogens with one attached hydrogen (secondary N) is 3. The van der Waals surface area contributed by atoms with Crippen LogP contribution >= 0.6 is 11.3 Å². The van der Waals surface area contributed by atoms with Crippen molar-refractivity contribution in [1.82, 2.24) is 21.2 Å². The van der Waals surface area contributed by atoms with Crippen molar-refractivity contribution in [1.29, 1.82) is 0 Å². The van der Waals surface area contributed by atoms with Crippen molar-refractivity contribution < 1.29 is 19.1 Å². The SMILES string of the molecule is Cc1ccc(C(=O)N[C@H](C(=O)NNC(=O)c2sc(N3CCOCC3)nc2C)C(C)C)cc1. The molecule has 3 amide bonds. The predicted molar refractivity (Wildman–Crippen MR) is 123 cm³/mol. The number of thiazole rings is 1. The maximum atomic E-state index is 12.7. The topological polar surface area (TPSA) is 113 Å². The number of rotatable bonds is 6. The lowest BCUT2D eigenvalue weighted by Crippen LogP contribution is -2.54. The van der Waals surface area contributed by atoms with E-state index >= 15 is 0 Å². The Morgan fingerprint density at radius 2 is 1.69 bits per heavy atom. The average Bonchev–Trinajstić information content (AvgIpc) is 3.18. The van der Waals surface area contributed by atoms with Gasteiger partial charge in [-0.2, -0.15) is 0 Å². The van der Waals surface area contributed by atoms with Crippen LogP contribution in [0.1, 0.15) is 45.1 Å². The Balaban J connectivity index is 1.60. The third kappa shape index (κ3) is 5.83. The van der Waals surface area contributed by atoms with Gasteiger partial charge in [-0.1, -0.05) is 42.9 Å². The smallest absolute Gasteiger partial charge is 0.281 e. The maximum Gasteiger partial charge on any atom is 0.281 e. The van der Waals surface area contributed by atoms with Crippen LogP contribution < -0.4 is 21.1 Å². The van der Waals surface area contributed by atoms with Crippen LogP contribution in [-0.2, 0) is 9.53 Å². The number of carbonyl (C=O) groups is 3. The van der Waals surface area contributed by atoms with Crippen LogP contribution in [0.3, 0.4) is 0 Å². The summed E-state index contributed by atoms with van der Waals surface area (Å²) in [5.74, 6) is -1.47. The number of amides is 3. The van der Waals surface area contributed by atoms with Crippen LogP contribution in [0.4, 0.5) is 5.13 Å². The zero-order chi connectivity index (χ0) is 23.3. The van der Waals surface area contributed by atoms with E-state index < -0.39 is 17.9 Å². The van der Waals surface area contributed by atoms with E-state index in [1.54, 1.807) is 19.1 Å². The van der Waals surface area contributed by atoms with Crippen LogP contribution in [-0.4, -0.2) is 55.1 Å². The number of benzene rings is 1. The molecular weight excluding hydrogens is 430 g/mol. The van der Waals surface area contributed by atoms with Gasteiger partial charge in [0.1, 0.15) is 10.9 Å². The van der Waals surface area contributed by atoms with Crippen LogP contribution in [0.2, 0.25) is 0 Å². The van der Waals surface area contributed by atoms with Gasteiger partial charge in [0, 0.05) is 18.7 Å². The molecule has 1 aromatic heterocycles. The highest BCUT2D eigenvalue weighted by Crippen LogP contribution is 2.26. The molecule has 2 aromatic rings. The van der Waals surface area contributed by atoms with Crippen molar-refractivity contribution in [2.45, 2.75) is 33.7 Å². The highest BCUT2D eigenvalue weighted by Gasteiger charge is 2.26. The first kappa shape index (κ1) is 23.7. The van der Waals surface area contributed by atoms with Crippen molar-refractivity contribution in [2.75, 3.05) is 31.2 Å². The molecule has 2 heterocycles. The number of aromatic nitrogens is 1. The van der Waals surface area contributed by atoms with Gasteiger partial charge < -0.3 is 15.0 Å². The number of nitrogens with zero attached hydrogens (tertiary/aromatic N) is 2. The maximum absolute atomic E-state index is 12.7. The molecule has 1 fully saturated rings. The van der Waals surface area contributed by atoms with Gasteiger partial charge in [-0.25, -0.2) is 4.98 Å². The van der Waals surface area contributed by atoms with Gasteiger partial charge in [-0.05, 0) is 31.9 Å². The molecule has 172 valence electrons. The average molecular weight is 460 g/mol. The lowest BCUT2D eigenvalue weighted by Gasteiger charge is -2.26. The molecule has 9 nitrogen and oxygen atoms in total. The normalized spacial score (nSPS) is 14.7. The number of ether oxygens (including phenoxy) is 1. The standard InChI is InChI=1S/C22H29N5O4S/c1-13(2)17(24-19(28)16-7-5-14(3)6-8-16)20(29)25-26-21(30)18-15(4)23-22(32-18)27-9-11-31-12-10-27/h5-8,13,17H,9-12H2,1-4H3,(H,24,28)(H,25,29)(H,26,30)/t17-/m0/s1. The lowest BCUT2D eigenvalue weighted by atomic mass is 10.0. The number of anilines is 1. The number of carbonyl (C=O) groups excluding carboxylic acids is 3. The van der Waals surface area contributed by atoms with Crippen LogP contribution in [0.5, 0.6) is 0 Å². The first-order valence-electron chi connectivity index (χ1n) is 10.5. The highest BCUT2D eigenvalue weighted by molar-refractivity contribution is 7.17. The summed E-state index contributed by atoms with van der Waals surface area (Å²) in [4.78, 5) is 44.9. The van der Waals surface area contributed by atoms with Gasteiger partial charge >= 0.3 is 0 Å². The van der Waals surface area contributed by atoms with E-state index in [2.05, 4.69) is 26.1 Å². The minimum Gasteiger partial charge on any atom is -0.378 e. The van der Waals surface area contributed by atoms with Gasteiger partial charge in [0.05, 0.1) is 18.9 Å². The van der Waals surface area contributed by atoms with Crippen LogP contribution in [0.15, 0.2) is 24.3 Å². The van der Waals surface area contributed by atoms with E-state index in [0.29, 0.717) is 29.3 Å². The molecule has 1 aromatic carbocycles. The molecule has 1 atom stereocenters. The molecule has 1 aliphatic rings. The largest absolute Gasteiger partial charge is 0.378 e. The zero-order valence-electron chi connectivity index (χ0n) is 18.7. The van der Waals surface area contributed by atoms with E-state index in [9.17, 15) is 14.4 Å². The summed E-state index contributed by atoms with van der Waals surface area (Å²) in [6.45, 7) is 10.0. The number of aryl methyl sites for hydroxylation is 2. The summed E-state index contributed by atoms with van der Waals surface area (Å²) in [6, 6.07) is 6.28. The molecule has 0 bridgehead atoms. The summed E-state index contributed by atoms with van der Waals surface area (Å²) in [5.41, 5.74) is 6.99. The molecule has 10 heteroatoms. The summed E-state index contributed by atoms with van der Waals surface area (Å²) < 4.78 is 5.35. The number of hydrogen-bond acceptors (Lipinski definition) is 7. The Morgan fingerprint density at radius 3 is 2.31 bits per heavy atom. The second-order valence-corrected chi connectivity index (χ2v) is 8.99. The van der Waals surface area contributed by atoms with E-state index in [1.165, 1.54) is 11.3 Å². The first-order valence-corrected chi connectivity index (χ1v) is 11.4. The number of hydrazine groups is 1. The summed E-state index contributed by atoms with van der Waals surface area (Å²) in [6.07, 6.45) is 0. The number of morpholine rings is 1. The zero-order valence-corrected chi connectivity index (χ0v) is 19.5. The van der Waals surface area contributed by atoms with Crippen molar-refractivity contribution >= 4 is 34.2 Å². The molecule has 3 N–H and O–H groups in total. The predicted octanol–water partition coefficient (Wildman–Crippen LogP) is 1.81. The summed E-state index contributed by atoms with van der Waals surface area (Å²) in [5, 5.41) is 3.50. The molecule has 0 radical (unpaired) electrons. The fourth-order valence-corrected chi connectivity index (χ4v) is 4.21. The van der Waals surface area contributed by atoms with Crippen molar-refractivity contribution in [3.63, 3.8) is 0 Å². The third-order valence-electron chi connectivity index (χ3n) is 5.12. The highest BCUT2D eigenvalue weighted by atomic mass is 32.1. The minimum absolute atomic E-state index is 0.181. The van der Waals surface area contributed by atoms with Gasteiger partial charge in [0.2, 0.25) is 0 Å². The quantitative estimate of drug-likeness (QED) is 0.568. The van der Waals surface area contributed by atoms with Crippen molar-refractivity contribution in [3.05, 3.63) is 46.0 Å². The van der Waals surface area contributed by atoms with E-state index in [-0.39, 0.29) is 11.8 Å². The second kappa shape index (κ2) is 10.6. The molecule has 1 saturated heterocycles. The molecule has 32 heavy (non-hydrogen) atoms. The molecule has 0 spiro atoms. The van der Waals surface area contributed by atoms with Gasteiger partial charge in [-0.15, -0.1) is 0 Å². The number of hydrogen-bond donors (Lipinski definition) is 3. The van der Waals surface area contributed by atoms with E-state index in [4.69, 9.17) is 4.74 Å². The van der Waals surface area contributed by atoms with Gasteiger partial charge in [0.25, 0.3) is 17.7 Å². The summed E-state index contributed by atoms with van der Waals surface area (Å²) in [7, 11) is 0. The first-order chi connectivity index (χ1) is 15.3. The summed E-state index contributed by atoms with van der Waals surface area (Å²) >= 11 is 1.28. The molecule has 3 rings (SSSR count). The second-order valence-electron chi connectivity index (χ2n) is 8.01. The Bertz CT molecular complexity index is 967. The third-order valence-corrected chi connectivity index (χ3v) is 6.34. The monoisotopic (exact) mass is 459 g/mol. The fourth-order valence-electron chi connectivity index (χ4n) is 3.20. The van der Waals surface area contributed by atoms with Gasteiger partial charge in [-0.3, -0.25) is 25.2 Å². The fraction of sp³-hybridized carbons (Fsp3) is 0.455. The Kier molecular flexibility index (Phi) is 7.81. The van der Waals surface area contributed by atoms with Crippen LogP contribution in [0.25, 0.3) is 0 Å². The van der Waals surface area contributed by atoms with E-state index in [0.717, 1.165) is 23.8 Å². The Morgan fingerprint density at radius 1 is 1.03 bits per heavy atom. The molecule has 0 aliphatic carbocycles. The molecular formula is C22H29N5O4S. The molecule has 1 aliphatic heterocycles. The lowest BCUT2D eigenvalue weighted by molar-refractivity contribution is -0.124. The molecule has 0 unspecified atom stereocenters. The van der Waals surface area contributed by atoms with Crippen molar-refractivity contribution in [3.8, 4) is 0 Å². The Labute approximate surface area is 191 Å². The Hall–Kier alpha value is -2.98. The minimum atomic E-state index is -0.810. The van der Waals surface area contributed by atoms with Gasteiger partial charge in [0.15, 0.2) is 5.13 Å². The van der Waals surface area contributed by atoms with E-state index in [1.807, 2.05) is 32.9 Å². The van der Waals surface area contributed by atoms with Crippen LogP contribution in [0, 0.1) is 19.8 Å². The van der Waals surface area contributed by atoms with Crippen molar-refractivity contribution in [2.24, 2.45) is 5.92 Å².